The van der Waals surface area contributed by atoms with Gasteiger partial charge in [0.1, 0.15) is 4.34 Å². The summed E-state index contributed by atoms with van der Waals surface area (Å²) >= 11 is 13.0. The summed E-state index contributed by atoms with van der Waals surface area (Å²) in [6.45, 7) is 4.31. The van der Waals surface area contributed by atoms with E-state index in [4.69, 9.17) is 23.2 Å². The van der Waals surface area contributed by atoms with Gasteiger partial charge in [-0.15, -0.1) is 11.3 Å². The van der Waals surface area contributed by atoms with Gasteiger partial charge in [0.25, 0.3) is 5.91 Å². The van der Waals surface area contributed by atoms with E-state index in [1.54, 1.807) is 6.07 Å². The largest absolute Gasteiger partial charge is 0.336 e. The molecule has 1 amide bonds. The molecule has 0 saturated carbocycles. The van der Waals surface area contributed by atoms with Crippen molar-refractivity contribution in [3.8, 4) is 0 Å². The zero-order valence-electron chi connectivity index (χ0n) is 8.80. The van der Waals surface area contributed by atoms with Gasteiger partial charge in [-0.1, -0.05) is 23.2 Å². The lowest BCUT2D eigenvalue weighted by Crippen LogP contribution is -2.51. The lowest BCUT2D eigenvalue weighted by Gasteiger charge is -2.31. The summed E-state index contributed by atoms with van der Waals surface area (Å²) in [4.78, 5) is 14.0. The summed E-state index contributed by atoms with van der Waals surface area (Å²) in [5.74, 6) is -0.0264. The molecule has 1 unspecified atom stereocenters. The van der Waals surface area contributed by atoms with Gasteiger partial charge in [-0.25, -0.2) is 0 Å². The fraction of sp³-hybridized carbons (Fsp3) is 0.500. The molecule has 0 spiro atoms. The summed E-state index contributed by atoms with van der Waals surface area (Å²) < 4.78 is 1.03. The molecule has 0 bridgehead atoms. The second kappa shape index (κ2) is 4.92. The van der Waals surface area contributed by atoms with E-state index in [9.17, 15) is 4.79 Å². The predicted molar refractivity (Wildman–Crippen MR) is 67.7 cm³/mol. The molecular weight excluding hydrogens is 267 g/mol. The highest BCUT2D eigenvalue weighted by atomic mass is 35.5. The highest BCUT2D eigenvalue weighted by Gasteiger charge is 2.24. The van der Waals surface area contributed by atoms with Gasteiger partial charge in [-0.3, -0.25) is 4.79 Å². The fourth-order valence-corrected chi connectivity index (χ4v) is 3.22. The molecule has 2 heterocycles. The SMILES string of the molecule is CC1CN(C(=O)c2cc(Cl)sc2Cl)CCN1. The van der Waals surface area contributed by atoms with Crippen molar-refractivity contribution >= 4 is 40.4 Å². The molecule has 6 heteroatoms. The maximum atomic E-state index is 12.1. The van der Waals surface area contributed by atoms with Gasteiger partial charge < -0.3 is 10.2 Å². The smallest absolute Gasteiger partial charge is 0.256 e. The minimum absolute atomic E-state index is 0.0264. The molecular formula is C10H12Cl2N2OS. The first-order chi connectivity index (χ1) is 7.58. The summed E-state index contributed by atoms with van der Waals surface area (Å²) in [6.07, 6.45) is 0. The van der Waals surface area contributed by atoms with Gasteiger partial charge in [0.05, 0.1) is 9.90 Å². The zero-order valence-corrected chi connectivity index (χ0v) is 11.1. The number of hydrogen-bond donors (Lipinski definition) is 1. The molecule has 1 atom stereocenters. The maximum Gasteiger partial charge on any atom is 0.256 e. The Morgan fingerprint density at radius 3 is 2.94 bits per heavy atom. The minimum Gasteiger partial charge on any atom is -0.336 e. The normalized spacial score (nSPS) is 21.2. The Morgan fingerprint density at radius 2 is 2.38 bits per heavy atom. The highest BCUT2D eigenvalue weighted by Crippen LogP contribution is 2.32. The van der Waals surface area contributed by atoms with Crippen molar-refractivity contribution in [2.45, 2.75) is 13.0 Å². The van der Waals surface area contributed by atoms with Crippen LogP contribution in [0.2, 0.25) is 8.67 Å². The monoisotopic (exact) mass is 278 g/mol. The number of piperazine rings is 1. The van der Waals surface area contributed by atoms with E-state index in [1.165, 1.54) is 11.3 Å². The number of carbonyl (C=O) groups is 1. The van der Waals surface area contributed by atoms with E-state index >= 15 is 0 Å². The first-order valence-corrected chi connectivity index (χ1v) is 6.62. The molecule has 3 nitrogen and oxygen atoms in total. The molecule has 0 radical (unpaired) electrons. The van der Waals surface area contributed by atoms with Crippen molar-refractivity contribution in [2.75, 3.05) is 19.6 Å². The number of thiophene rings is 1. The Kier molecular flexibility index (Phi) is 3.74. The topological polar surface area (TPSA) is 32.3 Å². The van der Waals surface area contributed by atoms with Crippen LogP contribution in [0.5, 0.6) is 0 Å². The van der Waals surface area contributed by atoms with Crippen LogP contribution in [0.4, 0.5) is 0 Å². The Hall–Kier alpha value is -0.290. The third-order valence-corrected chi connectivity index (χ3v) is 4.03. The second-order valence-corrected chi connectivity index (χ2v) is 6.13. The van der Waals surface area contributed by atoms with Crippen LogP contribution >= 0.6 is 34.5 Å². The molecule has 1 fully saturated rings. The minimum atomic E-state index is -0.0264. The molecule has 16 heavy (non-hydrogen) atoms. The van der Waals surface area contributed by atoms with Crippen LogP contribution in [0.3, 0.4) is 0 Å². The van der Waals surface area contributed by atoms with E-state index in [2.05, 4.69) is 12.2 Å². The van der Waals surface area contributed by atoms with Crippen LogP contribution in [0.25, 0.3) is 0 Å². The van der Waals surface area contributed by atoms with Gasteiger partial charge >= 0.3 is 0 Å². The Labute approximate surface area is 108 Å². The van der Waals surface area contributed by atoms with Crippen LogP contribution in [0.15, 0.2) is 6.07 Å². The first kappa shape index (κ1) is 12.2. The molecule has 1 saturated heterocycles. The quantitative estimate of drug-likeness (QED) is 0.856. The standard InChI is InChI=1S/C10H12Cl2N2OS/c1-6-5-14(3-2-13-6)10(15)7-4-8(11)16-9(7)12/h4,6,13H,2-3,5H2,1H3. The van der Waals surface area contributed by atoms with Crippen molar-refractivity contribution in [3.63, 3.8) is 0 Å². The number of halogens is 2. The van der Waals surface area contributed by atoms with Gasteiger partial charge in [0, 0.05) is 25.7 Å². The lowest BCUT2D eigenvalue weighted by atomic mass is 10.2. The second-order valence-electron chi connectivity index (χ2n) is 3.84. The van der Waals surface area contributed by atoms with Crippen molar-refractivity contribution in [3.05, 3.63) is 20.3 Å². The molecule has 0 aromatic carbocycles. The Balaban J connectivity index is 2.15. The number of carbonyl (C=O) groups excluding carboxylic acids is 1. The van der Waals surface area contributed by atoms with Crippen molar-refractivity contribution < 1.29 is 4.79 Å². The van der Waals surface area contributed by atoms with E-state index in [1.807, 2.05) is 4.90 Å². The first-order valence-electron chi connectivity index (χ1n) is 5.05. The summed E-state index contributed by atoms with van der Waals surface area (Å²) in [5, 5.41) is 3.29. The summed E-state index contributed by atoms with van der Waals surface area (Å²) in [6, 6.07) is 1.97. The lowest BCUT2D eigenvalue weighted by molar-refractivity contribution is 0.0710. The molecule has 2 rings (SSSR count). The van der Waals surface area contributed by atoms with Gasteiger partial charge in [0.2, 0.25) is 0 Å². The van der Waals surface area contributed by atoms with Gasteiger partial charge in [0.15, 0.2) is 0 Å². The van der Waals surface area contributed by atoms with E-state index in [0.29, 0.717) is 33.4 Å². The molecule has 1 aromatic rings. The van der Waals surface area contributed by atoms with E-state index in [0.717, 1.165) is 6.54 Å². The number of amides is 1. The molecule has 1 N–H and O–H groups in total. The van der Waals surface area contributed by atoms with Crippen LogP contribution in [0, 0.1) is 0 Å². The average molecular weight is 279 g/mol. The number of hydrogen-bond acceptors (Lipinski definition) is 3. The molecule has 1 aliphatic rings. The third-order valence-electron chi connectivity index (χ3n) is 2.54. The van der Waals surface area contributed by atoms with Crippen molar-refractivity contribution in [2.24, 2.45) is 0 Å². The van der Waals surface area contributed by atoms with Crippen LogP contribution in [-0.4, -0.2) is 36.5 Å². The van der Waals surface area contributed by atoms with Crippen LogP contribution < -0.4 is 5.32 Å². The fourth-order valence-electron chi connectivity index (χ4n) is 1.77. The van der Waals surface area contributed by atoms with E-state index < -0.39 is 0 Å². The maximum absolute atomic E-state index is 12.1. The number of rotatable bonds is 1. The Morgan fingerprint density at radius 1 is 1.62 bits per heavy atom. The highest BCUT2D eigenvalue weighted by molar-refractivity contribution is 7.20. The van der Waals surface area contributed by atoms with Crippen molar-refractivity contribution in [1.82, 2.24) is 10.2 Å². The molecule has 88 valence electrons. The predicted octanol–water partition coefficient (Wildman–Crippen LogP) is 2.49. The van der Waals surface area contributed by atoms with Crippen LogP contribution in [0.1, 0.15) is 17.3 Å². The Bertz CT molecular complexity index is 408. The van der Waals surface area contributed by atoms with Crippen LogP contribution in [-0.2, 0) is 0 Å². The van der Waals surface area contributed by atoms with E-state index in [-0.39, 0.29) is 5.91 Å². The summed E-state index contributed by atoms with van der Waals surface area (Å²) in [5.41, 5.74) is 0.519. The molecule has 1 aromatic heterocycles. The third kappa shape index (κ3) is 2.51. The average Bonchev–Trinajstić information content (AvgIpc) is 2.57. The van der Waals surface area contributed by atoms with Gasteiger partial charge in [-0.05, 0) is 13.0 Å². The summed E-state index contributed by atoms with van der Waals surface area (Å²) in [7, 11) is 0. The zero-order chi connectivity index (χ0) is 11.7. The molecule has 1 aliphatic heterocycles. The van der Waals surface area contributed by atoms with Crippen molar-refractivity contribution in [1.29, 1.82) is 0 Å². The molecule has 0 aliphatic carbocycles. The van der Waals surface area contributed by atoms with Gasteiger partial charge in [-0.2, -0.15) is 0 Å². The number of nitrogens with one attached hydrogen (secondary N) is 1. The number of nitrogens with zero attached hydrogens (tertiary/aromatic N) is 1.